The van der Waals surface area contributed by atoms with Crippen LogP contribution in [0.2, 0.25) is 5.02 Å². The van der Waals surface area contributed by atoms with E-state index in [2.05, 4.69) is 17.1 Å². The molecule has 0 aliphatic carbocycles. The third kappa shape index (κ3) is 5.76. The van der Waals surface area contributed by atoms with Gasteiger partial charge in [-0.3, -0.25) is 9.69 Å². The first-order chi connectivity index (χ1) is 12.0. The average molecular weight is 370 g/mol. The van der Waals surface area contributed by atoms with E-state index < -0.39 is 5.91 Å². The number of nitrogens with two attached hydrogens (primary N) is 1. The molecule has 1 aromatic rings. The summed E-state index contributed by atoms with van der Waals surface area (Å²) in [6.07, 6.45) is 3.74. The van der Waals surface area contributed by atoms with Gasteiger partial charge in [0.2, 0.25) is 0 Å². The Morgan fingerprint density at radius 3 is 2.72 bits per heavy atom. The van der Waals surface area contributed by atoms with Crippen LogP contribution in [0.25, 0.3) is 0 Å². The molecule has 0 aromatic heterocycles. The average Bonchev–Trinajstić information content (AvgIpc) is 3.11. The predicted octanol–water partition coefficient (Wildman–Crippen LogP) is 2.18. The van der Waals surface area contributed by atoms with E-state index in [-0.39, 0.29) is 6.61 Å². The first kappa shape index (κ1) is 19.8. The first-order valence-corrected chi connectivity index (χ1v) is 9.15. The monoisotopic (exact) mass is 369 g/mol. The lowest BCUT2D eigenvalue weighted by molar-refractivity contribution is -0.119. The Hall–Kier alpha value is -1.50. The van der Waals surface area contributed by atoms with Crippen LogP contribution in [-0.2, 0) is 11.3 Å². The Morgan fingerprint density at radius 1 is 1.40 bits per heavy atom. The first-order valence-electron chi connectivity index (χ1n) is 8.77. The Balaban J connectivity index is 1.95. The van der Waals surface area contributed by atoms with Crippen molar-refractivity contribution < 1.29 is 14.3 Å². The van der Waals surface area contributed by atoms with Gasteiger partial charge in [-0.05, 0) is 50.0 Å². The van der Waals surface area contributed by atoms with Crippen LogP contribution in [0.15, 0.2) is 12.1 Å². The van der Waals surface area contributed by atoms with Gasteiger partial charge in [-0.2, -0.15) is 0 Å². The van der Waals surface area contributed by atoms with E-state index in [0.29, 0.717) is 29.1 Å². The molecule has 1 aliphatic heterocycles. The summed E-state index contributed by atoms with van der Waals surface area (Å²) in [6, 6.07) is 4.26. The summed E-state index contributed by atoms with van der Waals surface area (Å²) >= 11 is 6.28. The molecule has 7 heteroatoms. The molecule has 1 fully saturated rings. The standard InChI is InChI=1S/C18H28ClN3O3/c1-3-14(22-6-4-5-7-22)11-21-10-13-8-15(19)18(16(9-13)24-2)25-12-17(20)23/h8-9,14,21H,3-7,10-12H2,1-2H3,(H2,20,23). The van der Waals surface area contributed by atoms with Gasteiger partial charge in [-0.25, -0.2) is 0 Å². The molecule has 0 saturated carbocycles. The summed E-state index contributed by atoms with van der Waals surface area (Å²) in [5.74, 6) is 0.281. The number of primary amides is 1. The van der Waals surface area contributed by atoms with Crippen molar-refractivity contribution in [3.63, 3.8) is 0 Å². The van der Waals surface area contributed by atoms with E-state index in [4.69, 9.17) is 26.8 Å². The maximum atomic E-state index is 10.9. The lowest BCUT2D eigenvalue weighted by Crippen LogP contribution is -2.40. The van der Waals surface area contributed by atoms with E-state index in [1.807, 2.05) is 12.1 Å². The van der Waals surface area contributed by atoms with Crippen molar-refractivity contribution in [2.45, 2.75) is 38.8 Å². The molecule has 1 aromatic carbocycles. The van der Waals surface area contributed by atoms with Crippen molar-refractivity contribution in [3.05, 3.63) is 22.7 Å². The van der Waals surface area contributed by atoms with Gasteiger partial charge in [-0.1, -0.05) is 18.5 Å². The van der Waals surface area contributed by atoms with Crippen molar-refractivity contribution in [1.29, 1.82) is 0 Å². The lowest BCUT2D eigenvalue weighted by atomic mass is 10.1. The van der Waals surface area contributed by atoms with Crippen molar-refractivity contribution >= 4 is 17.5 Å². The zero-order valence-electron chi connectivity index (χ0n) is 15.0. The van der Waals surface area contributed by atoms with Crippen LogP contribution in [0.5, 0.6) is 11.5 Å². The number of nitrogens with zero attached hydrogens (tertiary/aromatic N) is 1. The second kappa shape index (κ2) is 9.85. The van der Waals surface area contributed by atoms with Crippen LogP contribution in [0, 0.1) is 0 Å². The van der Waals surface area contributed by atoms with Crippen LogP contribution >= 0.6 is 11.6 Å². The van der Waals surface area contributed by atoms with Gasteiger partial charge in [0.15, 0.2) is 18.1 Å². The molecule has 25 heavy (non-hydrogen) atoms. The molecule has 0 bridgehead atoms. The van der Waals surface area contributed by atoms with E-state index in [0.717, 1.165) is 18.5 Å². The van der Waals surface area contributed by atoms with Gasteiger partial charge in [-0.15, -0.1) is 0 Å². The maximum Gasteiger partial charge on any atom is 0.255 e. The van der Waals surface area contributed by atoms with Crippen LogP contribution in [0.3, 0.4) is 0 Å². The van der Waals surface area contributed by atoms with Gasteiger partial charge in [0.05, 0.1) is 12.1 Å². The predicted molar refractivity (Wildman–Crippen MR) is 99.3 cm³/mol. The molecule has 6 nitrogen and oxygen atoms in total. The number of amides is 1. The van der Waals surface area contributed by atoms with Gasteiger partial charge < -0.3 is 20.5 Å². The lowest BCUT2D eigenvalue weighted by Gasteiger charge is -2.26. The smallest absolute Gasteiger partial charge is 0.255 e. The minimum absolute atomic E-state index is 0.234. The number of hydrogen-bond acceptors (Lipinski definition) is 5. The number of carbonyl (C=O) groups excluding carboxylic acids is 1. The van der Waals surface area contributed by atoms with Gasteiger partial charge >= 0.3 is 0 Å². The van der Waals surface area contributed by atoms with Crippen molar-refractivity contribution in [2.24, 2.45) is 5.73 Å². The highest BCUT2D eigenvalue weighted by Gasteiger charge is 2.20. The molecule has 2 rings (SSSR count). The van der Waals surface area contributed by atoms with Crippen molar-refractivity contribution in [2.75, 3.05) is 33.4 Å². The molecule has 1 heterocycles. The summed E-state index contributed by atoms with van der Waals surface area (Å²) in [5.41, 5.74) is 6.11. The number of likely N-dealkylation sites (tertiary alicyclic amines) is 1. The molecular formula is C18H28ClN3O3. The van der Waals surface area contributed by atoms with Crippen LogP contribution in [-0.4, -0.2) is 50.2 Å². The number of hydrogen-bond donors (Lipinski definition) is 2. The minimum Gasteiger partial charge on any atom is -0.493 e. The van der Waals surface area contributed by atoms with E-state index in [9.17, 15) is 4.79 Å². The van der Waals surface area contributed by atoms with Gasteiger partial charge in [0.1, 0.15) is 0 Å². The molecule has 1 unspecified atom stereocenters. The number of ether oxygens (including phenoxy) is 2. The summed E-state index contributed by atoms with van der Waals surface area (Å²) in [5, 5.41) is 3.91. The summed E-state index contributed by atoms with van der Waals surface area (Å²) in [7, 11) is 1.54. The minimum atomic E-state index is -0.559. The molecule has 1 saturated heterocycles. The van der Waals surface area contributed by atoms with E-state index in [1.54, 1.807) is 7.11 Å². The molecule has 1 atom stereocenters. The normalized spacial score (nSPS) is 16.0. The fraction of sp³-hybridized carbons (Fsp3) is 0.611. The summed E-state index contributed by atoms with van der Waals surface area (Å²) in [6.45, 7) is 6.03. The zero-order valence-corrected chi connectivity index (χ0v) is 15.8. The molecule has 0 radical (unpaired) electrons. The maximum absolute atomic E-state index is 10.9. The SMILES string of the molecule is CCC(CNCc1cc(Cl)c(OCC(N)=O)c(OC)c1)N1CCCC1. The fourth-order valence-electron chi connectivity index (χ4n) is 3.18. The second-order valence-electron chi connectivity index (χ2n) is 6.30. The fourth-order valence-corrected chi connectivity index (χ4v) is 3.47. The third-order valence-corrected chi connectivity index (χ3v) is 4.77. The van der Waals surface area contributed by atoms with Crippen LogP contribution in [0.1, 0.15) is 31.7 Å². The Morgan fingerprint density at radius 2 is 2.12 bits per heavy atom. The molecule has 140 valence electrons. The van der Waals surface area contributed by atoms with E-state index in [1.165, 1.54) is 25.9 Å². The van der Waals surface area contributed by atoms with Crippen LogP contribution in [0.4, 0.5) is 0 Å². The Kier molecular flexibility index (Phi) is 7.81. The van der Waals surface area contributed by atoms with E-state index >= 15 is 0 Å². The topological polar surface area (TPSA) is 76.8 Å². The molecule has 3 N–H and O–H groups in total. The summed E-state index contributed by atoms with van der Waals surface area (Å²) in [4.78, 5) is 13.4. The zero-order chi connectivity index (χ0) is 18.2. The number of halogens is 1. The summed E-state index contributed by atoms with van der Waals surface area (Å²) < 4.78 is 10.7. The third-order valence-electron chi connectivity index (χ3n) is 4.49. The molecule has 0 spiro atoms. The quantitative estimate of drug-likeness (QED) is 0.661. The van der Waals surface area contributed by atoms with Gasteiger partial charge in [0, 0.05) is 19.1 Å². The Bertz CT molecular complexity index is 577. The molecular weight excluding hydrogens is 342 g/mol. The highest BCUT2D eigenvalue weighted by molar-refractivity contribution is 6.32. The Labute approximate surface area is 154 Å². The largest absolute Gasteiger partial charge is 0.493 e. The second-order valence-corrected chi connectivity index (χ2v) is 6.71. The van der Waals surface area contributed by atoms with Crippen molar-refractivity contribution in [3.8, 4) is 11.5 Å². The number of nitrogens with one attached hydrogen (secondary N) is 1. The molecule has 1 amide bonds. The number of rotatable bonds is 10. The number of methoxy groups -OCH3 is 1. The molecule has 1 aliphatic rings. The van der Waals surface area contributed by atoms with Crippen LogP contribution < -0.4 is 20.5 Å². The number of benzene rings is 1. The highest BCUT2D eigenvalue weighted by atomic mass is 35.5. The van der Waals surface area contributed by atoms with Gasteiger partial charge in [0.25, 0.3) is 5.91 Å². The highest BCUT2D eigenvalue weighted by Crippen LogP contribution is 2.36. The number of carbonyl (C=O) groups is 1. The van der Waals surface area contributed by atoms with Crippen molar-refractivity contribution in [1.82, 2.24) is 10.2 Å².